The van der Waals surface area contributed by atoms with E-state index in [2.05, 4.69) is 81.5 Å². The number of rotatable bonds is 4. The lowest BCUT2D eigenvalue weighted by molar-refractivity contribution is 0.494. The van der Waals surface area contributed by atoms with Crippen LogP contribution in [0.2, 0.25) is 0 Å². The van der Waals surface area contributed by atoms with Crippen LogP contribution in [0, 0.1) is 13.8 Å². The molecular formula is C18H23N. The van der Waals surface area contributed by atoms with Crippen LogP contribution in [-0.2, 0) is 0 Å². The Hall–Kier alpha value is -1.60. The Balaban J connectivity index is 2.08. The zero-order valence-corrected chi connectivity index (χ0v) is 12.3. The number of aryl methyl sites for hydroxylation is 2. The Labute approximate surface area is 116 Å². The van der Waals surface area contributed by atoms with Crippen molar-refractivity contribution in [2.45, 2.75) is 39.8 Å². The zero-order chi connectivity index (χ0) is 13.8. The van der Waals surface area contributed by atoms with Crippen molar-refractivity contribution in [3.05, 3.63) is 70.8 Å². The molecule has 0 aliphatic rings. The van der Waals surface area contributed by atoms with Gasteiger partial charge in [0.15, 0.2) is 0 Å². The first-order valence-corrected chi connectivity index (χ1v) is 6.96. The van der Waals surface area contributed by atoms with Gasteiger partial charge < -0.3 is 5.32 Å². The first-order chi connectivity index (χ1) is 9.08. The molecule has 1 nitrogen and oxygen atoms in total. The van der Waals surface area contributed by atoms with Gasteiger partial charge in [0.05, 0.1) is 0 Å². The molecule has 100 valence electrons. The first-order valence-electron chi connectivity index (χ1n) is 6.96. The summed E-state index contributed by atoms with van der Waals surface area (Å²) in [6, 6.07) is 18.0. The molecule has 0 heterocycles. The van der Waals surface area contributed by atoms with Gasteiger partial charge in [-0.3, -0.25) is 0 Å². The Kier molecular flexibility index (Phi) is 4.39. The van der Waals surface area contributed by atoms with Crippen molar-refractivity contribution >= 4 is 0 Å². The van der Waals surface area contributed by atoms with E-state index < -0.39 is 0 Å². The van der Waals surface area contributed by atoms with E-state index in [1.165, 1.54) is 22.3 Å². The van der Waals surface area contributed by atoms with Gasteiger partial charge in [0.25, 0.3) is 0 Å². The molecule has 0 aliphatic heterocycles. The lowest BCUT2D eigenvalue weighted by Gasteiger charge is -2.21. The van der Waals surface area contributed by atoms with Gasteiger partial charge in [0.2, 0.25) is 0 Å². The Morgan fingerprint density at radius 3 is 2.00 bits per heavy atom. The van der Waals surface area contributed by atoms with Crippen molar-refractivity contribution in [1.82, 2.24) is 5.32 Å². The van der Waals surface area contributed by atoms with Crippen LogP contribution in [0.1, 0.15) is 48.2 Å². The lowest BCUT2D eigenvalue weighted by Crippen LogP contribution is -2.22. The van der Waals surface area contributed by atoms with E-state index in [1.54, 1.807) is 0 Å². The number of hydrogen-bond acceptors (Lipinski definition) is 1. The number of hydrogen-bond donors (Lipinski definition) is 1. The fourth-order valence-electron chi connectivity index (χ4n) is 2.34. The van der Waals surface area contributed by atoms with Gasteiger partial charge in [0.1, 0.15) is 0 Å². The van der Waals surface area contributed by atoms with E-state index in [4.69, 9.17) is 0 Å². The molecule has 0 saturated heterocycles. The molecule has 2 atom stereocenters. The van der Waals surface area contributed by atoms with Crippen LogP contribution in [0.3, 0.4) is 0 Å². The SMILES string of the molecule is Cc1ccc(C(C)NC(C)c2ccccc2)cc1C. The van der Waals surface area contributed by atoms with Crippen molar-refractivity contribution in [3.8, 4) is 0 Å². The molecule has 2 unspecified atom stereocenters. The second-order valence-electron chi connectivity index (χ2n) is 5.36. The third kappa shape index (κ3) is 3.45. The van der Waals surface area contributed by atoms with Gasteiger partial charge in [-0.05, 0) is 49.9 Å². The van der Waals surface area contributed by atoms with Crippen LogP contribution < -0.4 is 5.32 Å². The third-order valence-electron chi connectivity index (χ3n) is 3.83. The normalized spacial score (nSPS) is 14.1. The van der Waals surface area contributed by atoms with Crippen LogP contribution in [0.15, 0.2) is 48.5 Å². The summed E-state index contributed by atoms with van der Waals surface area (Å²) in [6.45, 7) is 8.77. The predicted molar refractivity (Wildman–Crippen MR) is 82.3 cm³/mol. The van der Waals surface area contributed by atoms with Crippen LogP contribution in [-0.4, -0.2) is 0 Å². The van der Waals surface area contributed by atoms with Gasteiger partial charge in [0, 0.05) is 12.1 Å². The molecule has 0 saturated carbocycles. The Morgan fingerprint density at radius 1 is 0.737 bits per heavy atom. The highest BCUT2D eigenvalue weighted by Crippen LogP contribution is 2.21. The highest BCUT2D eigenvalue weighted by molar-refractivity contribution is 5.31. The minimum atomic E-state index is 0.356. The molecule has 2 aromatic rings. The standard InChI is InChI=1S/C18H23N/c1-13-10-11-18(12-14(13)2)16(4)19-15(3)17-8-6-5-7-9-17/h5-12,15-16,19H,1-4H3. The molecule has 19 heavy (non-hydrogen) atoms. The van der Waals surface area contributed by atoms with Crippen molar-refractivity contribution in [3.63, 3.8) is 0 Å². The van der Waals surface area contributed by atoms with Crippen molar-refractivity contribution < 1.29 is 0 Å². The van der Waals surface area contributed by atoms with E-state index in [1.807, 2.05) is 0 Å². The zero-order valence-electron chi connectivity index (χ0n) is 12.3. The quantitative estimate of drug-likeness (QED) is 0.831. The van der Waals surface area contributed by atoms with Crippen LogP contribution in [0.5, 0.6) is 0 Å². The third-order valence-corrected chi connectivity index (χ3v) is 3.83. The van der Waals surface area contributed by atoms with E-state index in [9.17, 15) is 0 Å². The van der Waals surface area contributed by atoms with Crippen LogP contribution in [0.25, 0.3) is 0 Å². The van der Waals surface area contributed by atoms with E-state index in [0.29, 0.717) is 12.1 Å². The van der Waals surface area contributed by atoms with E-state index >= 15 is 0 Å². The summed E-state index contributed by atoms with van der Waals surface area (Å²) in [6.07, 6.45) is 0. The lowest BCUT2D eigenvalue weighted by atomic mass is 10.0. The molecule has 0 fully saturated rings. The van der Waals surface area contributed by atoms with Gasteiger partial charge in [-0.1, -0.05) is 48.5 Å². The average Bonchev–Trinajstić information content (AvgIpc) is 2.42. The molecule has 0 bridgehead atoms. The first kappa shape index (κ1) is 13.8. The number of benzene rings is 2. The minimum Gasteiger partial charge on any atom is -0.304 e. The molecule has 0 aliphatic carbocycles. The highest BCUT2D eigenvalue weighted by atomic mass is 14.9. The fourth-order valence-corrected chi connectivity index (χ4v) is 2.34. The maximum atomic E-state index is 3.66. The summed E-state index contributed by atoms with van der Waals surface area (Å²) in [5.41, 5.74) is 5.40. The second-order valence-corrected chi connectivity index (χ2v) is 5.36. The van der Waals surface area contributed by atoms with E-state index in [0.717, 1.165) is 0 Å². The van der Waals surface area contributed by atoms with Gasteiger partial charge in [-0.2, -0.15) is 0 Å². The summed E-state index contributed by atoms with van der Waals surface area (Å²) >= 11 is 0. The smallest absolute Gasteiger partial charge is 0.0297 e. The second kappa shape index (κ2) is 6.03. The Morgan fingerprint density at radius 2 is 1.37 bits per heavy atom. The fraction of sp³-hybridized carbons (Fsp3) is 0.333. The van der Waals surface area contributed by atoms with E-state index in [-0.39, 0.29) is 0 Å². The Bertz CT molecular complexity index is 531. The molecule has 2 aromatic carbocycles. The van der Waals surface area contributed by atoms with Crippen molar-refractivity contribution in [1.29, 1.82) is 0 Å². The summed E-state index contributed by atoms with van der Waals surface area (Å²) in [4.78, 5) is 0. The maximum Gasteiger partial charge on any atom is 0.0297 e. The van der Waals surface area contributed by atoms with Crippen LogP contribution >= 0.6 is 0 Å². The maximum absolute atomic E-state index is 3.66. The molecular weight excluding hydrogens is 230 g/mol. The van der Waals surface area contributed by atoms with Crippen molar-refractivity contribution in [2.75, 3.05) is 0 Å². The molecule has 2 rings (SSSR count). The number of nitrogens with one attached hydrogen (secondary N) is 1. The van der Waals surface area contributed by atoms with Gasteiger partial charge >= 0.3 is 0 Å². The monoisotopic (exact) mass is 253 g/mol. The predicted octanol–water partition coefficient (Wildman–Crippen LogP) is 4.72. The molecule has 0 spiro atoms. The molecule has 0 aromatic heterocycles. The van der Waals surface area contributed by atoms with Crippen LogP contribution in [0.4, 0.5) is 0 Å². The van der Waals surface area contributed by atoms with Gasteiger partial charge in [-0.15, -0.1) is 0 Å². The molecule has 1 heteroatoms. The molecule has 0 amide bonds. The van der Waals surface area contributed by atoms with Crippen molar-refractivity contribution in [2.24, 2.45) is 0 Å². The summed E-state index contributed by atoms with van der Waals surface area (Å²) in [5, 5.41) is 3.66. The topological polar surface area (TPSA) is 12.0 Å². The summed E-state index contributed by atoms with van der Waals surface area (Å²) in [5.74, 6) is 0. The summed E-state index contributed by atoms with van der Waals surface area (Å²) in [7, 11) is 0. The molecule has 0 radical (unpaired) electrons. The largest absolute Gasteiger partial charge is 0.304 e. The minimum absolute atomic E-state index is 0.356. The van der Waals surface area contributed by atoms with Gasteiger partial charge in [-0.25, -0.2) is 0 Å². The molecule has 1 N–H and O–H groups in total. The average molecular weight is 253 g/mol. The highest BCUT2D eigenvalue weighted by Gasteiger charge is 2.11. The summed E-state index contributed by atoms with van der Waals surface area (Å²) < 4.78 is 0.